The molecule has 7 rings (SSSR count). The highest BCUT2D eigenvalue weighted by atomic mass is 32.2. The van der Waals surface area contributed by atoms with E-state index in [1.807, 2.05) is 17.5 Å². The molecule has 0 amide bonds. The average molecular weight is 566 g/mol. The van der Waals surface area contributed by atoms with E-state index in [2.05, 4.69) is 54.5 Å². The number of fused-ring (bicyclic) bond motifs is 3. The van der Waals surface area contributed by atoms with Gasteiger partial charge in [0.15, 0.2) is 15.7 Å². The van der Waals surface area contributed by atoms with Crippen LogP contribution in [0.15, 0.2) is 11.2 Å². The van der Waals surface area contributed by atoms with Crippen LogP contribution in [0.3, 0.4) is 0 Å². The van der Waals surface area contributed by atoms with Crippen LogP contribution >= 0.6 is 11.3 Å². The van der Waals surface area contributed by atoms with Crippen molar-refractivity contribution in [2.75, 3.05) is 18.1 Å². The first-order valence-corrected chi connectivity index (χ1v) is 17.0. The number of aliphatic imine (C=N–C) groups is 1. The average Bonchev–Trinajstić information content (AvgIpc) is 3.59. The number of nitrogens with zero attached hydrogens (tertiary/aromatic N) is 3. The summed E-state index contributed by atoms with van der Waals surface area (Å²) in [5.41, 5.74) is 13.1. The quantitative estimate of drug-likeness (QED) is 0.304. The summed E-state index contributed by atoms with van der Waals surface area (Å²) in [6.07, 6.45) is 7.97. The summed E-state index contributed by atoms with van der Waals surface area (Å²) in [6.45, 7) is 12.3. The van der Waals surface area contributed by atoms with Gasteiger partial charge in [0.25, 0.3) is 0 Å². The number of pyridine rings is 1. The van der Waals surface area contributed by atoms with Crippen LogP contribution in [0.4, 0.5) is 5.82 Å². The molecule has 3 N–H and O–H groups in total. The SMILES string of the molecule is Cc1c(-c2[nH]c3sc([C@@H]4CC5CC4CN5C4CC5(C4)CS(=O)(=O)C5)c(C)c3c2C(C)C)cnc(N=CN)c1C. The van der Waals surface area contributed by atoms with Gasteiger partial charge in [-0.15, -0.1) is 11.3 Å². The summed E-state index contributed by atoms with van der Waals surface area (Å²) >= 11 is 1.97. The number of piperidine rings is 1. The number of H-pyrrole nitrogens is 1. The monoisotopic (exact) mass is 565 g/mol. The van der Waals surface area contributed by atoms with Crippen molar-refractivity contribution in [3.63, 3.8) is 0 Å². The Kier molecular flexibility index (Phi) is 5.69. The number of hydrogen-bond donors (Lipinski definition) is 2. The van der Waals surface area contributed by atoms with Gasteiger partial charge in [0.05, 0.1) is 23.5 Å². The molecule has 2 aliphatic carbocycles. The molecule has 208 valence electrons. The number of hydrogen-bond acceptors (Lipinski definition) is 6. The van der Waals surface area contributed by atoms with E-state index in [1.165, 1.54) is 58.3 Å². The molecule has 1 spiro atoms. The Balaban J connectivity index is 1.16. The summed E-state index contributed by atoms with van der Waals surface area (Å²) in [6, 6.07) is 1.26. The summed E-state index contributed by atoms with van der Waals surface area (Å²) in [7, 11) is -2.74. The zero-order chi connectivity index (χ0) is 27.4. The van der Waals surface area contributed by atoms with Crippen LogP contribution in [0.2, 0.25) is 0 Å². The van der Waals surface area contributed by atoms with Crippen molar-refractivity contribution in [3.8, 4) is 11.3 Å². The minimum absolute atomic E-state index is 0.128. The zero-order valence-electron chi connectivity index (χ0n) is 23.5. The highest BCUT2D eigenvalue weighted by Gasteiger charge is 2.60. The first-order chi connectivity index (χ1) is 18.5. The number of nitrogens with one attached hydrogen (secondary N) is 1. The highest BCUT2D eigenvalue weighted by molar-refractivity contribution is 7.92. The maximum atomic E-state index is 11.7. The molecule has 7 nitrogen and oxygen atoms in total. The van der Waals surface area contributed by atoms with E-state index in [0.29, 0.717) is 47.2 Å². The van der Waals surface area contributed by atoms with Crippen LogP contribution in [-0.2, 0) is 9.84 Å². The van der Waals surface area contributed by atoms with E-state index in [4.69, 9.17) is 5.73 Å². The first-order valence-electron chi connectivity index (χ1n) is 14.3. The second kappa shape index (κ2) is 8.63. The van der Waals surface area contributed by atoms with Crippen molar-refractivity contribution in [1.29, 1.82) is 0 Å². The van der Waals surface area contributed by atoms with Crippen molar-refractivity contribution >= 4 is 43.5 Å². The maximum Gasteiger partial charge on any atom is 0.156 e. The molecule has 3 aromatic heterocycles. The molecule has 3 aromatic rings. The van der Waals surface area contributed by atoms with Crippen LogP contribution in [0.25, 0.3) is 21.5 Å². The Labute approximate surface area is 235 Å². The highest BCUT2D eigenvalue weighted by Crippen LogP contribution is 2.58. The second-order valence-corrected chi connectivity index (χ2v) is 16.3. The number of nitrogens with two attached hydrogens (primary N) is 1. The van der Waals surface area contributed by atoms with Crippen LogP contribution in [0, 0.1) is 32.1 Å². The van der Waals surface area contributed by atoms with E-state index in [1.54, 1.807) is 4.88 Å². The molecule has 2 aliphatic heterocycles. The second-order valence-electron chi connectivity index (χ2n) is 13.2. The molecule has 5 heterocycles. The van der Waals surface area contributed by atoms with E-state index in [9.17, 15) is 8.42 Å². The van der Waals surface area contributed by atoms with E-state index >= 15 is 0 Å². The van der Waals surface area contributed by atoms with Crippen molar-refractivity contribution in [2.45, 2.75) is 84.2 Å². The Morgan fingerprint density at radius 1 is 1.15 bits per heavy atom. The number of aryl methyl sites for hydroxylation is 1. The summed E-state index contributed by atoms with van der Waals surface area (Å²) in [5.74, 6) is 3.28. The lowest BCUT2D eigenvalue weighted by Gasteiger charge is -2.57. The number of rotatable bonds is 5. The first kappa shape index (κ1) is 25.7. The minimum atomic E-state index is -2.74. The fraction of sp³-hybridized carbons (Fsp3) is 0.600. The molecule has 2 bridgehead atoms. The molecule has 2 unspecified atom stereocenters. The predicted octanol–water partition coefficient (Wildman–Crippen LogP) is 5.71. The zero-order valence-corrected chi connectivity index (χ0v) is 25.2. The Hall–Kier alpha value is -2.23. The van der Waals surface area contributed by atoms with Gasteiger partial charge in [0, 0.05) is 46.1 Å². The number of likely N-dealkylation sites (tertiary alicyclic amines) is 1. The van der Waals surface area contributed by atoms with Gasteiger partial charge >= 0.3 is 0 Å². The Bertz CT molecular complexity index is 1610. The lowest BCUT2D eigenvalue weighted by Crippen LogP contribution is -2.63. The van der Waals surface area contributed by atoms with Crippen molar-refractivity contribution in [1.82, 2.24) is 14.9 Å². The Morgan fingerprint density at radius 3 is 2.51 bits per heavy atom. The van der Waals surface area contributed by atoms with Gasteiger partial charge in [-0.3, -0.25) is 4.90 Å². The van der Waals surface area contributed by atoms with Crippen molar-refractivity contribution in [3.05, 3.63) is 33.3 Å². The smallest absolute Gasteiger partial charge is 0.156 e. The van der Waals surface area contributed by atoms with E-state index in [-0.39, 0.29) is 5.41 Å². The fourth-order valence-corrected chi connectivity index (χ4v) is 12.3. The van der Waals surface area contributed by atoms with E-state index in [0.717, 1.165) is 24.0 Å². The number of thiophene rings is 1. The molecule has 2 saturated heterocycles. The lowest BCUT2D eigenvalue weighted by atomic mass is 9.66. The Morgan fingerprint density at radius 2 is 1.90 bits per heavy atom. The van der Waals surface area contributed by atoms with Gasteiger partial charge in [-0.25, -0.2) is 18.4 Å². The number of aromatic amines is 1. The van der Waals surface area contributed by atoms with Crippen LogP contribution in [-0.4, -0.2) is 59.8 Å². The fourth-order valence-electron chi connectivity index (χ4n) is 8.59. The third kappa shape index (κ3) is 3.79. The van der Waals surface area contributed by atoms with Crippen LogP contribution < -0.4 is 5.73 Å². The summed E-state index contributed by atoms with van der Waals surface area (Å²) < 4.78 is 23.5. The van der Waals surface area contributed by atoms with E-state index < -0.39 is 9.84 Å². The number of sulfone groups is 1. The standard InChI is InChI=1S/C30H39N5O2S2/c1-15(2)24-25-18(5)27(38-29(25)34-26(24)23-10-32-28(33-14-31)17(4)16(23)3)22-7-20-6-19(22)11-35(20)21-8-30(9-21)12-39(36,37)13-30/h10,14-15,19-22,34H,6-9,11-13H2,1-5H3,(H2,31,32,33)/t19?,20?,22-/m1/s1. The molecule has 0 radical (unpaired) electrons. The van der Waals surface area contributed by atoms with Gasteiger partial charge in [0.2, 0.25) is 0 Å². The maximum absolute atomic E-state index is 11.7. The van der Waals surface area contributed by atoms with Gasteiger partial charge in [-0.05, 0) is 86.5 Å². The molecule has 39 heavy (non-hydrogen) atoms. The minimum Gasteiger partial charge on any atom is -0.390 e. The van der Waals surface area contributed by atoms with Crippen LogP contribution in [0.1, 0.15) is 78.5 Å². The summed E-state index contributed by atoms with van der Waals surface area (Å²) in [4.78, 5) is 18.3. The third-order valence-electron chi connectivity index (χ3n) is 10.4. The van der Waals surface area contributed by atoms with Gasteiger partial charge in [-0.2, -0.15) is 0 Å². The molecule has 9 heteroatoms. The molecule has 0 aromatic carbocycles. The normalized spacial score (nSPS) is 27.8. The lowest BCUT2D eigenvalue weighted by molar-refractivity contribution is 0.00101. The molecule has 4 fully saturated rings. The third-order valence-corrected chi connectivity index (χ3v) is 13.8. The van der Waals surface area contributed by atoms with Gasteiger partial charge < -0.3 is 10.7 Å². The van der Waals surface area contributed by atoms with Gasteiger partial charge in [0.1, 0.15) is 4.83 Å². The van der Waals surface area contributed by atoms with Crippen LogP contribution in [0.5, 0.6) is 0 Å². The molecule has 2 saturated carbocycles. The summed E-state index contributed by atoms with van der Waals surface area (Å²) in [5, 5.41) is 1.41. The predicted molar refractivity (Wildman–Crippen MR) is 160 cm³/mol. The number of aromatic nitrogens is 2. The van der Waals surface area contributed by atoms with Crippen molar-refractivity contribution in [2.24, 2.45) is 22.1 Å². The molecular formula is C30H39N5O2S2. The molecule has 3 atom stereocenters. The van der Waals surface area contributed by atoms with Crippen molar-refractivity contribution < 1.29 is 8.42 Å². The largest absolute Gasteiger partial charge is 0.390 e. The molecule has 4 aliphatic rings. The van der Waals surface area contributed by atoms with Gasteiger partial charge in [-0.1, -0.05) is 13.8 Å². The molecular weight excluding hydrogens is 526 g/mol. The topological polar surface area (TPSA) is 104 Å².